The molecule has 0 spiro atoms. The van der Waals surface area contributed by atoms with Gasteiger partial charge in [-0.1, -0.05) is 74.9 Å². The zero-order valence-corrected chi connectivity index (χ0v) is 13.9. The van der Waals surface area contributed by atoms with E-state index < -0.39 is 0 Å². The molecule has 0 aliphatic heterocycles. The van der Waals surface area contributed by atoms with E-state index in [0.29, 0.717) is 0 Å². The van der Waals surface area contributed by atoms with Crippen molar-refractivity contribution in [3.8, 4) is 0 Å². The van der Waals surface area contributed by atoms with Gasteiger partial charge < -0.3 is 0 Å². The van der Waals surface area contributed by atoms with Crippen LogP contribution in [0.2, 0.25) is 0 Å². The van der Waals surface area contributed by atoms with E-state index in [9.17, 15) is 0 Å². The van der Waals surface area contributed by atoms with Crippen molar-refractivity contribution in [1.29, 1.82) is 0 Å². The van der Waals surface area contributed by atoms with Gasteiger partial charge in [0.05, 0.1) is 0 Å². The number of rotatable bonds is 11. The van der Waals surface area contributed by atoms with E-state index in [2.05, 4.69) is 47.8 Å². The van der Waals surface area contributed by atoms with Gasteiger partial charge in [-0.15, -0.1) is 11.3 Å². The predicted molar refractivity (Wildman–Crippen MR) is 95.1 cm³/mol. The highest BCUT2D eigenvalue weighted by molar-refractivity contribution is 7.09. The molecule has 1 heteroatoms. The summed E-state index contributed by atoms with van der Waals surface area (Å²) in [7, 11) is 0. The zero-order valence-electron chi connectivity index (χ0n) is 13.1. The van der Waals surface area contributed by atoms with E-state index in [-0.39, 0.29) is 0 Å². The largest absolute Gasteiger partial charge is 0.149 e. The van der Waals surface area contributed by atoms with Gasteiger partial charge in [0.1, 0.15) is 0 Å². The lowest BCUT2D eigenvalue weighted by Crippen LogP contribution is -1.86. The van der Waals surface area contributed by atoms with Crippen LogP contribution in [-0.2, 0) is 12.8 Å². The van der Waals surface area contributed by atoms with Crippen LogP contribution >= 0.6 is 11.3 Å². The van der Waals surface area contributed by atoms with Crippen LogP contribution in [0.4, 0.5) is 0 Å². The molecule has 21 heavy (non-hydrogen) atoms. The summed E-state index contributed by atoms with van der Waals surface area (Å²) in [4.78, 5) is 1.55. The molecule has 0 fully saturated rings. The van der Waals surface area contributed by atoms with Crippen LogP contribution in [0.1, 0.15) is 61.8 Å². The summed E-state index contributed by atoms with van der Waals surface area (Å²) in [5, 5.41) is 2.19. The van der Waals surface area contributed by atoms with E-state index in [4.69, 9.17) is 0 Å². The first-order chi connectivity index (χ1) is 10.4. The summed E-state index contributed by atoms with van der Waals surface area (Å²) >= 11 is 1.90. The molecule has 0 radical (unpaired) electrons. The second-order valence-corrected chi connectivity index (χ2v) is 6.93. The van der Waals surface area contributed by atoms with Gasteiger partial charge in [0.15, 0.2) is 0 Å². The lowest BCUT2D eigenvalue weighted by atomic mass is 10.0. The summed E-state index contributed by atoms with van der Waals surface area (Å²) < 4.78 is 0. The van der Waals surface area contributed by atoms with Crippen molar-refractivity contribution in [2.45, 2.75) is 64.2 Å². The molecule has 114 valence electrons. The maximum absolute atomic E-state index is 2.26. The van der Waals surface area contributed by atoms with Crippen molar-refractivity contribution in [3.63, 3.8) is 0 Å². The van der Waals surface area contributed by atoms with Gasteiger partial charge in [0.2, 0.25) is 0 Å². The fourth-order valence-electron chi connectivity index (χ4n) is 2.79. The van der Waals surface area contributed by atoms with Gasteiger partial charge in [-0.25, -0.2) is 0 Å². The van der Waals surface area contributed by atoms with Gasteiger partial charge in [-0.3, -0.25) is 0 Å². The fourth-order valence-corrected chi connectivity index (χ4v) is 3.54. The third-order valence-corrected chi connectivity index (χ3v) is 5.00. The molecule has 1 heterocycles. The van der Waals surface area contributed by atoms with Crippen LogP contribution in [0.5, 0.6) is 0 Å². The lowest BCUT2D eigenvalue weighted by molar-refractivity contribution is 0.568. The highest BCUT2D eigenvalue weighted by atomic mass is 32.1. The fraction of sp³-hybridized carbons (Fsp3) is 0.500. The monoisotopic (exact) mass is 300 g/mol. The maximum Gasteiger partial charge on any atom is 0.00452 e. The summed E-state index contributed by atoms with van der Waals surface area (Å²) in [6.07, 6.45) is 13.7. The van der Waals surface area contributed by atoms with Crippen molar-refractivity contribution in [3.05, 3.63) is 58.3 Å². The Morgan fingerprint density at radius 3 is 1.81 bits per heavy atom. The molecule has 0 unspecified atom stereocenters. The number of hydrogen-bond acceptors (Lipinski definition) is 1. The van der Waals surface area contributed by atoms with E-state index in [1.165, 1.54) is 69.8 Å². The Morgan fingerprint density at radius 2 is 1.19 bits per heavy atom. The molecule has 0 aliphatic carbocycles. The van der Waals surface area contributed by atoms with Gasteiger partial charge in [-0.2, -0.15) is 0 Å². The highest BCUT2D eigenvalue weighted by Crippen LogP contribution is 2.15. The standard InChI is InChI=1S/C20H28S/c1(2-4-6-11-16-20-17-12-18-21-20)3-5-8-13-19-14-9-7-10-15-19/h7,9-10,12,14-15,17-18H,1-6,8,11,13,16H2. The van der Waals surface area contributed by atoms with Crippen LogP contribution in [0.25, 0.3) is 0 Å². The highest BCUT2D eigenvalue weighted by Gasteiger charge is 1.96. The van der Waals surface area contributed by atoms with Gasteiger partial charge in [0, 0.05) is 4.88 Å². The average Bonchev–Trinajstić information content (AvgIpc) is 3.03. The molecule has 0 atom stereocenters. The molecule has 0 saturated heterocycles. The number of aryl methyl sites for hydroxylation is 2. The van der Waals surface area contributed by atoms with E-state index in [1.807, 2.05) is 11.3 Å². The van der Waals surface area contributed by atoms with Crippen LogP contribution in [0, 0.1) is 0 Å². The molecule has 0 bridgehead atoms. The van der Waals surface area contributed by atoms with Crippen molar-refractivity contribution < 1.29 is 0 Å². The summed E-state index contributed by atoms with van der Waals surface area (Å²) in [5.74, 6) is 0. The first-order valence-electron chi connectivity index (χ1n) is 8.51. The molecule has 0 saturated carbocycles. The lowest BCUT2D eigenvalue weighted by Gasteiger charge is -2.03. The molecule has 0 N–H and O–H groups in total. The summed E-state index contributed by atoms with van der Waals surface area (Å²) in [5.41, 5.74) is 1.49. The number of unbranched alkanes of at least 4 members (excludes halogenated alkanes) is 7. The molecule has 1 aromatic carbocycles. The Hall–Kier alpha value is -1.08. The molecule has 2 rings (SSSR count). The third kappa shape index (κ3) is 7.47. The Kier molecular flexibility index (Phi) is 8.24. The number of thiophene rings is 1. The van der Waals surface area contributed by atoms with Crippen LogP contribution in [0.15, 0.2) is 47.8 Å². The topological polar surface area (TPSA) is 0 Å². The molecular weight excluding hydrogens is 272 g/mol. The maximum atomic E-state index is 2.26. The van der Waals surface area contributed by atoms with Crippen molar-refractivity contribution in [2.24, 2.45) is 0 Å². The Bertz CT molecular complexity index is 444. The van der Waals surface area contributed by atoms with Crippen molar-refractivity contribution >= 4 is 11.3 Å². The van der Waals surface area contributed by atoms with Gasteiger partial charge in [-0.05, 0) is 42.7 Å². The van der Waals surface area contributed by atoms with Gasteiger partial charge in [0.25, 0.3) is 0 Å². The second kappa shape index (κ2) is 10.6. The molecule has 0 amide bonds. The van der Waals surface area contributed by atoms with Gasteiger partial charge >= 0.3 is 0 Å². The quantitative estimate of drug-likeness (QED) is 0.407. The summed E-state index contributed by atoms with van der Waals surface area (Å²) in [6, 6.07) is 15.3. The number of hydrogen-bond donors (Lipinski definition) is 0. The first-order valence-corrected chi connectivity index (χ1v) is 9.39. The Labute approximate surface area is 134 Å². The minimum Gasteiger partial charge on any atom is -0.149 e. The molecule has 1 aromatic heterocycles. The second-order valence-electron chi connectivity index (χ2n) is 5.89. The van der Waals surface area contributed by atoms with E-state index in [1.54, 1.807) is 4.88 Å². The first kappa shape index (κ1) is 16.3. The number of benzene rings is 1. The van der Waals surface area contributed by atoms with Crippen LogP contribution < -0.4 is 0 Å². The van der Waals surface area contributed by atoms with Crippen molar-refractivity contribution in [1.82, 2.24) is 0 Å². The smallest absolute Gasteiger partial charge is 0.00452 e. The van der Waals surface area contributed by atoms with E-state index in [0.717, 1.165) is 0 Å². The minimum absolute atomic E-state index is 1.25. The summed E-state index contributed by atoms with van der Waals surface area (Å²) in [6.45, 7) is 0. The van der Waals surface area contributed by atoms with Crippen molar-refractivity contribution in [2.75, 3.05) is 0 Å². The van der Waals surface area contributed by atoms with Crippen LogP contribution in [0.3, 0.4) is 0 Å². The third-order valence-electron chi connectivity index (χ3n) is 4.06. The Balaban J connectivity index is 1.35. The molecule has 0 aliphatic rings. The van der Waals surface area contributed by atoms with Crippen LogP contribution in [-0.4, -0.2) is 0 Å². The zero-order chi connectivity index (χ0) is 14.6. The normalized spacial score (nSPS) is 10.9. The average molecular weight is 301 g/mol. The SMILES string of the molecule is c1ccc(CCCCCCCCCCc2cccs2)cc1. The predicted octanol–water partition coefficient (Wildman–Crippen LogP) is 6.65. The molecular formula is C20H28S. The van der Waals surface area contributed by atoms with E-state index >= 15 is 0 Å². The minimum atomic E-state index is 1.25. The molecule has 2 aromatic rings. The molecule has 0 nitrogen and oxygen atoms in total. The Morgan fingerprint density at radius 1 is 0.571 bits per heavy atom.